The maximum absolute atomic E-state index is 12.5. The zero-order chi connectivity index (χ0) is 20.7. The third-order valence-electron chi connectivity index (χ3n) is 4.71. The quantitative estimate of drug-likeness (QED) is 0.470. The van der Waals surface area contributed by atoms with Crippen LogP contribution in [0, 0.1) is 6.92 Å². The first-order chi connectivity index (χ1) is 13.9. The maximum Gasteiger partial charge on any atom is 0.330 e. The minimum atomic E-state index is -0.528. The van der Waals surface area contributed by atoms with Gasteiger partial charge < -0.3 is 9.30 Å². The molecule has 0 aliphatic heterocycles. The van der Waals surface area contributed by atoms with Crippen molar-refractivity contribution in [1.82, 2.24) is 28.5 Å². The number of methoxy groups -OCH3 is 1. The summed E-state index contributed by atoms with van der Waals surface area (Å²) in [5, 5.41) is 0. The number of aromatic nitrogens is 6. The summed E-state index contributed by atoms with van der Waals surface area (Å²) in [6, 6.07) is 0. The highest BCUT2D eigenvalue weighted by Crippen LogP contribution is 2.20. The number of hydrogen-bond acceptors (Lipinski definition) is 7. The Morgan fingerprint density at radius 1 is 1.24 bits per heavy atom. The van der Waals surface area contributed by atoms with Crippen LogP contribution in [0.1, 0.15) is 29.7 Å². The number of carbonyl (C=O) groups excluding carboxylic acids is 1. The van der Waals surface area contributed by atoms with E-state index in [2.05, 4.69) is 15.0 Å². The van der Waals surface area contributed by atoms with Gasteiger partial charge in [0.15, 0.2) is 16.1 Å². The molecule has 4 rings (SSSR count). The van der Waals surface area contributed by atoms with Gasteiger partial charge in [-0.3, -0.25) is 23.5 Å². The Morgan fingerprint density at radius 3 is 2.72 bits per heavy atom. The molecule has 0 aliphatic carbocycles. The molecule has 0 saturated heterocycles. The largest absolute Gasteiger partial charge is 0.469 e. The van der Waals surface area contributed by atoms with Gasteiger partial charge in [0.05, 0.1) is 19.2 Å². The maximum atomic E-state index is 12.5. The molecule has 0 unspecified atom stereocenters. The second kappa shape index (κ2) is 7.32. The fourth-order valence-corrected chi connectivity index (χ4v) is 4.23. The number of nitrogens with zero attached hydrogens (tertiary/aromatic N) is 5. The summed E-state index contributed by atoms with van der Waals surface area (Å²) in [6.07, 6.45) is 4.36. The summed E-state index contributed by atoms with van der Waals surface area (Å²) in [5.41, 5.74) is 0.319. The van der Waals surface area contributed by atoms with Crippen molar-refractivity contribution in [3.8, 4) is 0 Å². The lowest BCUT2D eigenvalue weighted by Gasteiger charge is -2.07. The monoisotopic (exact) mass is 416 g/mol. The Hall–Kier alpha value is -3.21. The second-order valence-corrected chi connectivity index (χ2v) is 7.84. The fourth-order valence-electron chi connectivity index (χ4n) is 3.40. The van der Waals surface area contributed by atoms with Gasteiger partial charge in [0, 0.05) is 36.8 Å². The first-order valence-electron chi connectivity index (χ1n) is 9.14. The third-order valence-corrected chi connectivity index (χ3v) is 5.62. The van der Waals surface area contributed by atoms with Crippen molar-refractivity contribution in [3.05, 3.63) is 49.6 Å². The van der Waals surface area contributed by atoms with Crippen molar-refractivity contribution in [2.75, 3.05) is 7.11 Å². The number of imidazole rings is 2. The zero-order valence-corrected chi connectivity index (χ0v) is 17.1. The van der Waals surface area contributed by atoms with Crippen LogP contribution in [0.3, 0.4) is 0 Å². The molecule has 0 radical (unpaired) electrons. The van der Waals surface area contributed by atoms with E-state index in [-0.39, 0.29) is 18.5 Å². The number of fused-ring (bicyclic) bond motifs is 2. The molecule has 0 fully saturated rings. The predicted molar refractivity (Wildman–Crippen MR) is 108 cm³/mol. The van der Waals surface area contributed by atoms with Crippen LogP contribution in [0.25, 0.3) is 16.1 Å². The molecule has 11 heteroatoms. The van der Waals surface area contributed by atoms with Crippen LogP contribution < -0.4 is 11.2 Å². The van der Waals surface area contributed by atoms with Crippen molar-refractivity contribution < 1.29 is 9.53 Å². The van der Waals surface area contributed by atoms with Crippen molar-refractivity contribution in [1.29, 1.82) is 0 Å². The molecule has 4 aromatic rings. The van der Waals surface area contributed by atoms with Crippen molar-refractivity contribution in [3.63, 3.8) is 0 Å². The van der Waals surface area contributed by atoms with Crippen LogP contribution in [-0.4, -0.2) is 41.6 Å². The van der Waals surface area contributed by atoms with Crippen LogP contribution in [0.15, 0.2) is 22.0 Å². The molecule has 0 atom stereocenters. The lowest BCUT2D eigenvalue weighted by atomic mass is 10.3. The predicted octanol–water partition coefficient (Wildman–Crippen LogP) is 1.08. The Labute approximate surface area is 168 Å². The van der Waals surface area contributed by atoms with Crippen molar-refractivity contribution in [2.24, 2.45) is 0 Å². The molecule has 10 nitrogen and oxygen atoms in total. The molecule has 0 saturated carbocycles. The third kappa shape index (κ3) is 3.37. The second-order valence-electron chi connectivity index (χ2n) is 6.62. The molecule has 4 heterocycles. The van der Waals surface area contributed by atoms with E-state index in [1.54, 1.807) is 22.8 Å². The van der Waals surface area contributed by atoms with Crippen LogP contribution in [0.2, 0.25) is 0 Å². The van der Waals surface area contributed by atoms with Crippen LogP contribution in [-0.2, 0) is 29.0 Å². The summed E-state index contributed by atoms with van der Waals surface area (Å²) in [6.45, 7) is 4.39. The van der Waals surface area contributed by atoms with Gasteiger partial charge in [-0.1, -0.05) is 0 Å². The Morgan fingerprint density at radius 2 is 2.03 bits per heavy atom. The van der Waals surface area contributed by atoms with E-state index in [0.717, 1.165) is 15.5 Å². The van der Waals surface area contributed by atoms with Crippen molar-refractivity contribution >= 4 is 33.4 Å². The average molecular weight is 416 g/mol. The van der Waals surface area contributed by atoms with Gasteiger partial charge in [0.1, 0.15) is 5.82 Å². The number of nitrogens with one attached hydrogen (secondary N) is 1. The Balaban J connectivity index is 1.84. The lowest BCUT2D eigenvalue weighted by Crippen LogP contribution is -2.30. The summed E-state index contributed by atoms with van der Waals surface area (Å²) in [4.78, 5) is 49.9. The number of hydrogen-bond donors (Lipinski definition) is 1. The van der Waals surface area contributed by atoms with E-state index >= 15 is 0 Å². The number of carbonyl (C=O) groups is 1. The fraction of sp³-hybridized carbons (Fsp3) is 0.389. The van der Waals surface area contributed by atoms with E-state index in [4.69, 9.17) is 4.74 Å². The van der Waals surface area contributed by atoms with E-state index in [1.165, 1.54) is 11.7 Å². The first kappa shape index (κ1) is 19.1. The summed E-state index contributed by atoms with van der Waals surface area (Å²) in [5.74, 6) is 0.167. The van der Waals surface area contributed by atoms with Crippen molar-refractivity contribution in [2.45, 2.75) is 39.8 Å². The molecule has 0 bridgehead atoms. The summed E-state index contributed by atoms with van der Waals surface area (Å²) >= 11 is 1.58. The molecule has 4 aromatic heterocycles. The van der Waals surface area contributed by atoms with Gasteiger partial charge in [0.2, 0.25) is 0 Å². The molecule has 152 valence electrons. The van der Waals surface area contributed by atoms with Gasteiger partial charge in [-0.15, -0.1) is 11.3 Å². The van der Waals surface area contributed by atoms with Crippen LogP contribution in [0.4, 0.5) is 0 Å². The normalized spacial score (nSPS) is 11.6. The molecule has 1 N–H and O–H groups in total. The molecular formula is C18H20N6O4S. The molecule has 0 aliphatic rings. The highest BCUT2D eigenvalue weighted by Gasteiger charge is 2.20. The topological polar surface area (TPSA) is 116 Å². The number of ether oxygens (including phenoxy) is 1. The molecule has 0 amide bonds. The molecule has 29 heavy (non-hydrogen) atoms. The molecule has 0 aromatic carbocycles. The summed E-state index contributed by atoms with van der Waals surface area (Å²) < 4.78 is 9.76. The minimum Gasteiger partial charge on any atom is -0.469 e. The average Bonchev–Trinajstić information content (AvgIpc) is 3.31. The Bertz CT molecular complexity index is 1310. The van der Waals surface area contributed by atoms with E-state index in [9.17, 15) is 14.4 Å². The molecular weight excluding hydrogens is 396 g/mol. The standard InChI is InChI=1S/C18H20N6O4S/c1-4-23-15-14(16(26)21-17(23)27)24(6-5-13(25)28-3)12(20-15)7-11-9-22-8-10(2)29-18(22)19-11/h8-9H,4-7H2,1-3H3,(H,21,26,27). The first-order valence-corrected chi connectivity index (χ1v) is 9.96. The number of H-pyrrole nitrogens is 1. The minimum absolute atomic E-state index is 0.0805. The molecule has 0 spiro atoms. The number of rotatable bonds is 6. The Kier molecular flexibility index (Phi) is 4.82. The lowest BCUT2D eigenvalue weighted by molar-refractivity contribution is -0.140. The number of aryl methyl sites for hydroxylation is 3. The van der Waals surface area contributed by atoms with Gasteiger partial charge in [-0.05, 0) is 13.8 Å². The van der Waals surface area contributed by atoms with Gasteiger partial charge in [-0.25, -0.2) is 14.8 Å². The number of thiazole rings is 1. The zero-order valence-electron chi connectivity index (χ0n) is 16.3. The highest BCUT2D eigenvalue weighted by molar-refractivity contribution is 7.16. The van der Waals surface area contributed by atoms with Gasteiger partial charge in [0.25, 0.3) is 5.56 Å². The van der Waals surface area contributed by atoms with Crippen LogP contribution >= 0.6 is 11.3 Å². The number of esters is 1. The van der Waals surface area contributed by atoms with Crippen LogP contribution in [0.5, 0.6) is 0 Å². The van der Waals surface area contributed by atoms with Gasteiger partial charge >= 0.3 is 11.7 Å². The van der Waals surface area contributed by atoms with E-state index < -0.39 is 17.2 Å². The smallest absolute Gasteiger partial charge is 0.330 e. The number of aromatic amines is 1. The highest BCUT2D eigenvalue weighted by atomic mass is 32.1. The SMILES string of the molecule is CCn1c(=O)[nH]c(=O)c2c1nc(Cc1cn3cc(C)sc3n1)n2CCC(=O)OC. The van der Waals surface area contributed by atoms with Gasteiger partial charge in [-0.2, -0.15) is 0 Å². The summed E-state index contributed by atoms with van der Waals surface area (Å²) in [7, 11) is 1.32. The van der Waals surface area contributed by atoms with E-state index in [1.807, 2.05) is 23.7 Å². The van der Waals surface area contributed by atoms with E-state index in [0.29, 0.717) is 24.4 Å².